The lowest BCUT2D eigenvalue weighted by Crippen LogP contribution is -2.27. The molecule has 0 bridgehead atoms. The zero-order valence-corrected chi connectivity index (χ0v) is 13.1. The number of likely N-dealkylation sites (tertiary alicyclic amines) is 1. The molecule has 1 aromatic carbocycles. The Morgan fingerprint density at radius 1 is 1.33 bits per heavy atom. The van der Waals surface area contributed by atoms with Crippen LogP contribution in [0.4, 0.5) is 4.39 Å². The average Bonchev–Trinajstić information content (AvgIpc) is 2.71. The Labute approximate surface area is 128 Å². The van der Waals surface area contributed by atoms with Gasteiger partial charge in [-0.2, -0.15) is 0 Å². The summed E-state index contributed by atoms with van der Waals surface area (Å²) in [4.78, 5) is 2.46. The van der Waals surface area contributed by atoms with Gasteiger partial charge >= 0.3 is 0 Å². The van der Waals surface area contributed by atoms with Crippen molar-refractivity contribution in [2.24, 2.45) is 5.92 Å². The predicted molar refractivity (Wildman–Crippen MR) is 84.7 cm³/mol. The number of rotatable bonds is 6. The maximum absolute atomic E-state index is 13.2. The molecule has 118 valence electrons. The summed E-state index contributed by atoms with van der Waals surface area (Å²) in [7, 11) is 0. The summed E-state index contributed by atoms with van der Waals surface area (Å²) in [6.07, 6.45) is 6.64. The van der Waals surface area contributed by atoms with Crippen LogP contribution >= 0.6 is 0 Å². The molecule has 1 N–H and O–H groups in total. The van der Waals surface area contributed by atoms with E-state index in [0.29, 0.717) is 12.0 Å². The number of hydrogen-bond donors (Lipinski definition) is 1. The Bertz CT molecular complexity index is 423. The van der Waals surface area contributed by atoms with E-state index in [2.05, 4.69) is 11.8 Å². The third kappa shape index (κ3) is 5.40. The monoisotopic (exact) mass is 293 g/mol. The fourth-order valence-corrected chi connectivity index (χ4v) is 3.33. The molecule has 0 radical (unpaired) electrons. The Morgan fingerprint density at radius 3 is 2.95 bits per heavy atom. The van der Waals surface area contributed by atoms with Gasteiger partial charge in [-0.05, 0) is 62.4 Å². The first kappa shape index (κ1) is 16.4. The van der Waals surface area contributed by atoms with Gasteiger partial charge in [0.2, 0.25) is 0 Å². The van der Waals surface area contributed by atoms with E-state index in [9.17, 15) is 9.50 Å². The maximum atomic E-state index is 13.2. The van der Waals surface area contributed by atoms with Gasteiger partial charge in [0.15, 0.2) is 0 Å². The van der Waals surface area contributed by atoms with E-state index in [0.717, 1.165) is 25.6 Å². The maximum Gasteiger partial charge on any atom is 0.123 e. The van der Waals surface area contributed by atoms with Crippen LogP contribution in [0.25, 0.3) is 0 Å². The van der Waals surface area contributed by atoms with Gasteiger partial charge in [-0.1, -0.05) is 31.9 Å². The Kier molecular flexibility index (Phi) is 6.65. The molecule has 1 aromatic rings. The van der Waals surface area contributed by atoms with Crippen molar-refractivity contribution in [3.8, 4) is 0 Å². The van der Waals surface area contributed by atoms with E-state index in [-0.39, 0.29) is 5.82 Å². The first-order valence-corrected chi connectivity index (χ1v) is 8.35. The number of aliphatic hydroxyl groups excluding tert-OH is 1. The molecule has 3 heteroatoms. The first-order chi connectivity index (χ1) is 10.2. The van der Waals surface area contributed by atoms with Crippen molar-refractivity contribution in [2.75, 3.05) is 19.6 Å². The van der Waals surface area contributed by atoms with E-state index in [1.54, 1.807) is 12.1 Å². The second-order valence-electron chi connectivity index (χ2n) is 6.29. The van der Waals surface area contributed by atoms with Crippen LogP contribution in [0.5, 0.6) is 0 Å². The zero-order chi connectivity index (χ0) is 15.1. The summed E-state index contributed by atoms with van der Waals surface area (Å²) in [5.41, 5.74) is 0.689. The van der Waals surface area contributed by atoms with Gasteiger partial charge in [-0.3, -0.25) is 0 Å². The highest BCUT2D eigenvalue weighted by Crippen LogP contribution is 2.23. The number of benzene rings is 1. The molecule has 1 heterocycles. The lowest BCUT2D eigenvalue weighted by molar-refractivity contribution is 0.142. The molecule has 0 aliphatic carbocycles. The Balaban J connectivity index is 1.77. The minimum atomic E-state index is -0.560. The summed E-state index contributed by atoms with van der Waals surface area (Å²) < 4.78 is 13.2. The van der Waals surface area contributed by atoms with Crippen LogP contribution in [0.3, 0.4) is 0 Å². The molecule has 21 heavy (non-hydrogen) atoms. The van der Waals surface area contributed by atoms with Crippen molar-refractivity contribution in [3.63, 3.8) is 0 Å². The second-order valence-corrected chi connectivity index (χ2v) is 6.29. The largest absolute Gasteiger partial charge is 0.388 e. The van der Waals surface area contributed by atoms with Crippen LogP contribution in [0.1, 0.15) is 57.1 Å². The van der Waals surface area contributed by atoms with Crippen LogP contribution < -0.4 is 0 Å². The lowest BCUT2D eigenvalue weighted by atomic mass is 9.96. The highest BCUT2D eigenvalue weighted by Gasteiger charge is 2.17. The fourth-order valence-electron chi connectivity index (χ4n) is 3.33. The lowest BCUT2D eigenvalue weighted by Gasteiger charge is -2.22. The molecule has 0 spiro atoms. The molecule has 0 aromatic heterocycles. The summed E-state index contributed by atoms with van der Waals surface area (Å²) in [6, 6.07) is 6.31. The van der Waals surface area contributed by atoms with Crippen molar-refractivity contribution < 1.29 is 9.50 Å². The molecule has 1 fully saturated rings. The molecule has 1 saturated heterocycles. The molecule has 0 amide bonds. The van der Waals surface area contributed by atoms with Gasteiger partial charge in [-0.25, -0.2) is 4.39 Å². The van der Waals surface area contributed by atoms with Crippen molar-refractivity contribution in [1.29, 1.82) is 0 Å². The van der Waals surface area contributed by atoms with Crippen molar-refractivity contribution in [1.82, 2.24) is 4.90 Å². The van der Waals surface area contributed by atoms with Gasteiger partial charge < -0.3 is 10.0 Å². The summed E-state index contributed by atoms with van der Waals surface area (Å²) in [5, 5.41) is 10.2. The predicted octanol–water partition coefficient (Wildman–Crippen LogP) is 4.15. The van der Waals surface area contributed by atoms with Crippen LogP contribution in [0.15, 0.2) is 24.3 Å². The SMILES string of the molecule is CCCC1CCCN(CCC(O)c2cccc(F)c2)CC1. The van der Waals surface area contributed by atoms with Crippen LogP contribution in [0.2, 0.25) is 0 Å². The number of hydrogen-bond acceptors (Lipinski definition) is 2. The van der Waals surface area contributed by atoms with Gasteiger partial charge in [0, 0.05) is 6.54 Å². The highest BCUT2D eigenvalue weighted by molar-refractivity contribution is 5.18. The smallest absolute Gasteiger partial charge is 0.123 e. The van der Waals surface area contributed by atoms with Crippen LogP contribution in [0, 0.1) is 11.7 Å². The highest BCUT2D eigenvalue weighted by atomic mass is 19.1. The average molecular weight is 293 g/mol. The van der Waals surface area contributed by atoms with E-state index >= 15 is 0 Å². The summed E-state index contributed by atoms with van der Waals surface area (Å²) >= 11 is 0. The fraction of sp³-hybridized carbons (Fsp3) is 0.667. The molecule has 1 aliphatic heterocycles. The quantitative estimate of drug-likeness (QED) is 0.851. The molecule has 2 rings (SSSR count). The van der Waals surface area contributed by atoms with Crippen molar-refractivity contribution in [3.05, 3.63) is 35.6 Å². The van der Waals surface area contributed by atoms with Gasteiger partial charge in [0.05, 0.1) is 6.10 Å². The van der Waals surface area contributed by atoms with E-state index < -0.39 is 6.10 Å². The van der Waals surface area contributed by atoms with Crippen LogP contribution in [-0.4, -0.2) is 29.6 Å². The molecule has 2 atom stereocenters. The normalized spacial score (nSPS) is 22.0. The topological polar surface area (TPSA) is 23.5 Å². The molecule has 2 nitrogen and oxygen atoms in total. The molecule has 0 saturated carbocycles. The van der Waals surface area contributed by atoms with Gasteiger partial charge in [0.25, 0.3) is 0 Å². The van der Waals surface area contributed by atoms with Crippen LogP contribution in [-0.2, 0) is 0 Å². The molecular weight excluding hydrogens is 265 g/mol. The molecule has 1 aliphatic rings. The van der Waals surface area contributed by atoms with E-state index in [1.807, 2.05) is 0 Å². The van der Waals surface area contributed by atoms with Crippen molar-refractivity contribution in [2.45, 2.75) is 51.6 Å². The number of halogens is 1. The van der Waals surface area contributed by atoms with Gasteiger partial charge in [0.1, 0.15) is 5.82 Å². The Hall–Kier alpha value is -0.930. The number of nitrogens with zero attached hydrogens (tertiary/aromatic N) is 1. The Morgan fingerprint density at radius 2 is 2.19 bits per heavy atom. The minimum absolute atomic E-state index is 0.274. The van der Waals surface area contributed by atoms with Crippen molar-refractivity contribution >= 4 is 0 Å². The summed E-state index contributed by atoms with van der Waals surface area (Å²) in [5.74, 6) is 0.608. The number of aliphatic hydroxyl groups is 1. The second kappa shape index (κ2) is 8.50. The van der Waals surface area contributed by atoms with E-state index in [4.69, 9.17) is 0 Å². The first-order valence-electron chi connectivity index (χ1n) is 8.35. The minimum Gasteiger partial charge on any atom is -0.388 e. The molecular formula is C18H28FNO. The summed E-state index contributed by atoms with van der Waals surface area (Å²) in [6.45, 7) is 5.44. The third-order valence-electron chi connectivity index (χ3n) is 4.59. The molecule has 2 unspecified atom stereocenters. The van der Waals surface area contributed by atoms with E-state index in [1.165, 1.54) is 44.2 Å². The zero-order valence-electron chi connectivity index (χ0n) is 13.1. The van der Waals surface area contributed by atoms with Gasteiger partial charge in [-0.15, -0.1) is 0 Å². The standard InChI is InChI=1S/C18H28FNO/c1-2-5-15-6-4-11-20(12-9-15)13-10-18(21)16-7-3-8-17(19)14-16/h3,7-8,14-15,18,21H,2,4-6,9-13H2,1H3. The third-order valence-corrected chi connectivity index (χ3v) is 4.59.